The minimum absolute atomic E-state index is 0.0395. The van der Waals surface area contributed by atoms with E-state index in [0.29, 0.717) is 6.42 Å². The average molecular weight is 329 g/mol. The summed E-state index contributed by atoms with van der Waals surface area (Å²) in [6.07, 6.45) is 5.34. The molecule has 2 fully saturated rings. The van der Waals surface area contributed by atoms with E-state index in [9.17, 15) is 9.59 Å². The van der Waals surface area contributed by atoms with E-state index in [0.717, 1.165) is 49.9 Å². The molecule has 5 nitrogen and oxygen atoms in total. The van der Waals surface area contributed by atoms with E-state index >= 15 is 0 Å². The van der Waals surface area contributed by atoms with Crippen LogP contribution in [0.1, 0.15) is 57.1 Å². The van der Waals surface area contributed by atoms with Crippen molar-refractivity contribution >= 4 is 17.5 Å². The number of nitrogens with one attached hydrogen (secondary N) is 1. The predicted octanol–water partition coefficient (Wildman–Crippen LogP) is 2.51. The molecule has 1 aromatic rings. The van der Waals surface area contributed by atoms with Crippen LogP contribution in [-0.4, -0.2) is 24.4 Å². The van der Waals surface area contributed by atoms with Crippen LogP contribution in [0, 0.1) is 5.92 Å². The van der Waals surface area contributed by atoms with Gasteiger partial charge in [-0.2, -0.15) is 0 Å². The Kier molecular flexibility index (Phi) is 5.19. The van der Waals surface area contributed by atoms with Crippen LogP contribution in [0.15, 0.2) is 24.3 Å². The van der Waals surface area contributed by atoms with Crippen LogP contribution in [-0.2, 0) is 9.59 Å². The number of nitrogens with zero attached hydrogens (tertiary/aromatic N) is 1. The predicted molar refractivity (Wildman–Crippen MR) is 94.5 cm³/mol. The average Bonchev–Trinajstić information content (AvgIpc) is 3.01. The summed E-state index contributed by atoms with van der Waals surface area (Å²) in [7, 11) is 0. The summed E-state index contributed by atoms with van der Waals surface area (Å²) in [6, 6.07) is 8.05. The molecule has 1 aliphatic carbocycles. The van der Waals surface area contributed by atoms with Crippen LogP contribution < -0.4 is 16.0 Å². The number of carbonyl (C=O) groups is 2. The van der Waals surface area contributed by atoms with Gasteiger partial charge in [-0.05, 0) is 50.3 Å². The Morgan fingerprint density at radius 1 is 1.25 bits per heavy atom. The maximum atomic E-state index is 12.4. The number of rotatable bonds is 4. The third-order valence-corrected chi connectivity index (χ3v) is 5.22. The summed E-state index contributed by atoms with van der Waals surface area (Å²) in [5.74, 6) is 0.340. The minimum Gasteiger partial charge on any atom is -0.349 e. The molecule has 2 aliphatic rings. The number of hydrogen-bond acceptors (Lipinski definition) is 3. The van der Waals surface area contributed by atoms with Gasteiger partial charge in [0.25, 0.3) is 0 Å². The van der Waals surface area contributed by atoms with Gasteiger partial charge in [0, 0.05) is 30.6 Å². The van der Waals surface area contributed by atoms with Gasteiger partial charge < -0.3 is 16.0 Å². The Bertz CT molecular complexity index is 599. The number of benzene rings is 1. The zero-order valence-corrected chi connectivity index (χ0v) is 14.3. The second-order valence-corrected chi connectivity index (χ2v) is 7.09. The van der Waals surface area contributed by atoms with E-state index in [-0.39, 0.29) is 29.8 Å². The lowest BCUT2D eigenvalue weighted by atomic mass is 9.85. The van der Waals surface area contributed by atoms with Gasteiger partial charge in [-0.1, -0.05) is 18.6 Å². The molecule has 0 radical (unpaired) electrons. The van der Waals surface area contributed by atoms with Crippen molar-refractivity contribution in [1.82, 2.24) is 5.32 Å². The van der Waals surface area contributed by atoms with Crippen LogP contribution in [0.2, 0.25) is 0 Å². The lowest BCUT2D eigenvalue weighted by Gasteiger charge is -2.27. The molecule has 1 saturated heterocycles. The molecule has 2 amide bonds. The fraction of sp³-hybridized carbons (Fsp3) is 0.579. The van der Waals surface area contributed by atoms with E-state index in [1.54, 1.807) is 0 Å². The van der Waals surface area contributed by atoms with Crippen LogP contribution in [0.4, 0.5) is 5.69 Å². The van der Waals surface area contributed by atoms with Crippen molar-refractivity contribution < 1.29 is 9.59 Å². The number of hydrogen-bond donors (Lipinski definition) is 2. The quantitative estimate of drug-likeness (QED) is 0.891. The summed E-state index contributed by atoms with van der Waals surface area (Å²) in [5, 5.41) is 3.11. The summed E-state index contributed by atoms with van der Waals surface area (Å²) < 4.78 is 0. The van der Waals surface area contributed by atoms with Gasteiger partial charge in [0.15, 0.2) is 0 Å². The van der Waals surface area contributed by atoms with Gasteiger partial charge in [0.2, 0.25) is 11.8 Å². The van der Waals surface area contributed by atoms with Crippen molar-refractivity contribution in [1.29, 1.82) is 0 Å². The number of carbonyl (C=O) groups excluding carboxylic acids is 2. The Labute approximate surface area is 143 Å². The highest BCUT2D eigenvalue weighted by molar-refractivity contribution is 5.95. The molecule has 24 heavy (non-hydrogen) atoms. The molecule has 1 aliphatic heterocycles. The van der Waals surface area contributed by atoms with Crippen molar-refractivity contribution in [2.75, 3.05) is 11.4 Å². The van der Waals surface area contributed by atoms with Crippen molar-refractivity contribution in [3.8, 4) is 0 Å². The third kappa shape index (κ3) is 3.78. The molecule has 1 saturated carbocycles. The summed E-state index contributed by atoms with van der Waals surface area (Å²) in [4.78, 5) is 26.1. The molecule has 130 valence electrons. The minimum atomic E-state index is -0.0426. The fourth-order valence-electron chi connectivity index (χ4n) is 3.74. The highest BCUT2D eigenvalue weighted by atomic mass is 16.2. The van der Waals surface area contributed by atoms with Gasteiger partial charge >= 0.3 is 0 Å². The van der Waals surface area contributed by atoms with E-state index in [1.807, 2.05) is 36.1 Å². The van der Waals surface area contributed by atoms with Crippen molar-refractivity contribution in [2.45, 2.75) is 57.5 Å². The van der Waals surface area contributed by atoms with Crippen LogP contribution in [0.5, 0.6) is 0 Å². The molecule has 1 heterocycles. The van der Waals surface area contributed by atoms with E-state index < -0.39 is 0 Å². The highest BCUT2D eigenvalue weighted by Gasteiger charge is 2.26. The largest absolute Gasteiger partial charge is 0.349 e. The second kappa shape index (κ2) is 7.34. The lowest BCUT2D eigenvalue weighted by molar-refractivity contribution is -0.126. The number of amides is 2. The molecule has 3 N–H and O–H groups in total. The van der Waals surface area contributed by atoms with Crippen LogP contribution in [0.25, 0.3) is 0 Å². The molecule has 0 bridgehead atoms. The molecule has 3 atom stereocenters. The Balaban J connectivity index is 1.59. The first kappa shape index (κ1) is 17.0. The van der Waals surface area contributed by atoms with E-state index in [1.165, 1.54) is 0 Å². The number of anilines is 1. The number of nitrogens with two attached hydrogens (primary N) is 1. The fourth-order valence-corrected chi connectivity index (χ4v) is 3.74. The van der Waals surface area contributed by atoms with Gasteiger partial charge in [-0.3, -0.25) is 9.59 Å². The first-order valence-electron chi connectivity index (χ1n) is 9.01. The van der Waals surface area contributed by atoms with Crippen molar-refractivity contribution in [2.24, 2.45) is 11.7 Å². The Morgan fingerprint density at radius 2 is 2.00 bits per heavy atom. The Hall–Kier alpha value is -1.88. The lowest BCUT2D eigenvalue weighted by Crippen LogP contribution is -2.38. The molecular formula is C19H27N3O2. The smallest absolute Gasteiger partial charge is 0.227 e. The molecule has 0 aromatic heterocycles. The first-order chi connectivity index (χ1) is 11.5. The molecule has 5 heteroatoms. The highest BCUT2D eigenvalue weighted by Crippen LogP contribution is 2.26. The first-order valence-corrected chi connectivity index (χ1v) is 9.01. The SMILES string of the molecule is CC(NC(=O)C1CCCC(N)C1)c1ccc(N2CCCC2=O)cc1. The maximum Gasteiger partial charge on any atom is 0.227 e. The topological polar surface area (TPSA) is 75.4 Å². The van der Waals surface area contributed by atoms with Crippen molar-refractivity contribution in [3.05, 3.63) is 29.8 Å². The molecular weight excluding hydrogens is 302 g/mol. The molecule has 3 rings (SSSR count). The molecule has 0 spiro atoms. The van der Waals surface area contributed by atoms with E-state index in [2.05, 4.69) is 5.32 Å². The zero-order valence-electron chi connectivity index (χ0n) is 14.3. The molecule has 3 unspecified atom stereocenters. The summed E-state index contributed by atoms with van der Waals surface area (Å²) in [6.45, 7) is 2.79. The monoisotopic (exact) mass is 329 g/mol. The standard InChI is InChI=1S/C19H27N3O2/c1-13(21-19(24)15-4-2-5-16(20)12-15)14-7-9-17(10-8-14)22-11-3-6-18(22)23/h7-10,13,15-16H,2-6,11-12,20H2,1H3,(H,21,24). The van der Waals surface area contributed by atoms with Crippen LogP contribution in [0.3, 0.4) is 0 Å². The van der Waals surface area contributed by atoms with Gasteiger partial charge in [0.05, 0.1) is 6.04 Å². The van der Waals surface area contributed by atoms with Gasteiger partial charge in [-0.15, -0.1) is 0 Å². The van der Waals surface area contributed by atoms with Gasteiger partial charge in [-0.25, -0.2) is 0 Å². The van der Waals surface area contributed by atoms with Gasteiger partial charge in [0.1, 0.15) is 0 Å². The van der Waals surface area contributed by atoms with Crippen LogP contribution >= 0.6 is 0 Å². The van der Waals surface area contributed by atoms with Crippen molar-refractivity contribution in [3.63, 3.8) is 0 Å². The zero-order chi connectivity index (χ0) is 17.1. The maximum absolute atomic E-state index is 12.4. The summed E-state index contributed by atoms with van der Waals surface area (Å²) in [5.41, 5.74) is 7.98. The second-order valence-electron chi connectivity index (χ2n) is 7.09. The normalized spacial score (nSPS) is 25.6. The van der Waals surface area contributed by atoms with E-state index in [4.69, 9.17) is 5.73 Å². The third-order valence-electron chi connectivity index (χ3n) is 5.22. The molecule has 1 aromatic carbocycles. The Morgan fingerprint density at radius 3 is 2.62 bits per heavy atom. The summed E-state index contributed by atoms with van der Waals surface area (Å²) >= 11 is 0.